The van der Waals surface area contributed by atoms with Gasteiger partial charge in [0, 0.05) is 18.7 Å². The summed E-state index contributed by atoms with van der Waals surface area (Å²) in [6.07, 6.45) is 2.73. The maximum absolute atomic E-state index is 5.52. The zero-order valence-electron chi connectivity index (χ0n) is 9.21. The highest BCUT2D eigenvalue weighted by atomic mass is 32.1. The summed E-state index contributed by atoms with van der Waals surface area (Å²) >= 11 is 1.69. The van der Waals surface area contributed by atoms with Crippen molar-refractivity contribution in [3.8, 4) is 10.6 Å². The first-order valence-corrected chi connectivity index (χ1v) is 6.34. The number of thiophene rings is 1. The molecular formula is C12H12N4S. The van der Waals surface area contributed by atoms with Crippen LogP contribution in [0.2, 0.25) is 0 Å². The Balaban J connectivity index is 2.06. The van der Waals surface area contributed by atoms with Gasteiger partial charge in [-0.05, 0) is 24.1 Å². The van der Waals surface area contributed by atoms with Crippen molar-refractivity contribution in [2.45, 2.75) is 6.42 Å². The molecule has 3 heterocycles. The molecule has 2 N–H and O–H groups in total. The molecule has 3 aromatic rings. The van der Waals surface area contributed by atoms with Crippen molar-refractivity contribution in [1.82, 2.24) is 14.6 Å². The quantitative estimate of drug-likeness (QED) is 0.766. The van der Waals surface area contributed by atoms with E-state index >= 15 is 0 Å². The lowest BCUT2D eigenvalue weighted by Gasteiger charge is -1.96. The van der Waals surface area contributed by atoms with E-state index in [1.54, 1.807) is 15.9 Å². The zero-order valence-corrected chi connectivity index (χ0v) is 10.0. The first-order chi connectivity index (χ1) is 8.36. The highest BCUT2D eigenvalue weighted by Gasteiger charge is 2.05. The van der Waals surface area contributed by atoms with Crippen molar-refractivity contribution in [3.63, 3.8) is 0 Å². The van der Waals surface area contributed by atoms with Gasteiger partial charge in [0.1, 0.15) is 0 Å². The largest absolute Gasteiger partial charge is 0.330 e. The summed E-state index contributed by atoms with van der Waals surface area (Å²) in [4.78, 5) is 5.77. The van der Waals surface area contributed by atoms with Crippen LogP contribution >= 0.6 is 11.3 Å². The fourth-order valence-electron chi connectivity index (χ4n) is 1.76. The number of hydrogen-bond donors (Lipinski definition) is 1. The van der Waals surface area contributed by atoms with E-state index in [4.69, 9.17) is 5.73 Å². The van der Waals surface area contributed by atoms with Crippen molar-refractivity contribution >= 4 is 17.0 Å². The van der Waals surface area contributed by atoms with E-state index in [1.807, 2.05) is 24.4 Å². The number of nitrogens with two attached hydrogens (primary N) is 1. The third kappa shape index (κ3) is 1.94. The van der Waals surface area contributed by atoms with Crippen LogP contribution < -0.4 is 5.73 Å². The van der Waals surface area contributed by atoms with Gasteiger partial charge in [-0.2, -0.15) is 5.10 Å². The molecule has 0 aliphatic carbocycles. The predicted molar refractivity (Wildman–Crippen MR) is 69.1 cm³/mol. The van der Waals surface area contributed by atoms with Gasteiger partial charge in [-0.15, -0.1) is 11.3 Å². The van der Waals surface area contributed by atoms with Crippen LogP contribution in [0.3, 0.4) is 0 Å². The van der Waals surface area contributed by atoms with Crippen molar-refractivity contribution in [3.05, 3.63) is 41.5 Å². The number of fused-ring (bicyclic) bond motifs is 1. The zero-order chi connectivity index (χ0) is 11.7. The monoisotopic (exact) mass is 244 g/mol. The number of rotatable bonds is 3. The van der Waals surface area contributed by atoms with Crippen LogP contribution in [0, 0.1) is 0 Å². The van der Waals surface area contributed by atoms with Crippen LogP contribution in [-0.4, -0.2) is 21.1 Å². The molecule has 0 saturated carbocycles. The van der Waals surface area contributed by atoms with Crippen LogP contribution in [0.1, 0.15) is 5.69 Å². The Hall–Kier alpha value is -1.72. The van der Waals surface area contributed by atoms with E-state index in [-0.39, 0.29) is 0 Å². The van der Waals surface area contributed by atoms with E-state index < -0.39 is 0 Å². The average molecular weight is 244 g/mol. The minimum absolute atomic E-state index is 0.613. The molecule has 0 aromatic carbocycles. The fraction of sp³-hybridized carbons (Fsp3) is 0.167. The molecule has 0 spiro atoms. The van der Waals surface area contributed by atoms with E-state index in [1.165, 1.54) is 4.88 Å². The summed E-state index contributed by atoms with van der Waals surface area (Å²) in [5, 5.41) is 6.46. The van der Waals surface area contributed by atoms with Crippen LogP contribution in [-0.2, 0) is 6.42 Å². The molecule has 0 unspecified atom stereocenters. The Kier molecular flexibility index (Phi) is 2.62. The molecule has 3 aromatic heterocycles. The Morgan fingerprint density at radius 1 is 1.35 bits per heavy atom. The lowest BCUT2D eigenvalue weighted by molar-refractivity contribution is 0.855. The van der Waals surface area contributed by atoms with Crippen LogP contribution in [0.15, 0.2) is 35.8 Å². The Morgan fingerprint density at radius 2 is 2.29 bits per heavy atom. The molecule has 0 radical (unpaired) electrons. The predicted octanol–water partition coefficient (Wildman–Crippen LogP) is 1.96. The highest BCUT2D eigenvalue weighted by Crippen LogP contribution is 2.22. The van der Waals surface area contributed by atoms with Crippen LogP contribution in [0.4, 0.5) is 0 Å². The minimum Gasteiger partial charge on any atom is -0.330 e. The average Bonchev–Trinajstić information content (AvgIpc) is 2.96. The summed E-state index contributed by atoms with van der Waals surface area (Å²) in [6, 6.07) is 8.07. The van der Waals surface area contributed by atoms with Gasteiger partial charge in [-0.1, -0.05) is 6.07 Å². The second kappa shape index (κ2) is 4.27. The van der Waals surface area contributed by atoms with Crippen LogP contribution in [0.5, 0.6) is 0 Å². The highest BCUT2D eigenvalue weighted by molar-refractivity contribution is 7.13. The first-order valence-electron chi connectivity index (χ1n) is 5.46. The summed E-state index contributed by atoms with van der Waals surface area (Å²) in [7, 11) is 0. The lowest BCUT2D eigenvalue weighted by Crippen LogP contribution is -2.03. The molecule has 86 valence electrons. The molecule has 5 heteroatoms. The van der Waals surface area contributed by atoms with E-state index in [0.717, 1.165) is 23.5 Å². The van der Waals surface area contributed by atoms with Gasteiger partial charge < -0.3 is 5.73 Å². The second-order valence-corrected chi connectivity index (χ2v) is 4.71. The summed E-state index contributed by atoms with van der Waals surface area (Å²) in [6.45, 7) is 0.613. The fourth-order valence-corrected chi connectivity index (χ4v) is 2.46. The molecule has 3 rings (SSSR count). The molecule has 0 amide bonds. The Labute approximate surface area is 103 Å². The van der Waals surface area contributed by atoms with Gasteiger partial charge in [0.05, 0.1) is 16.3 Å². The number of aromatic nitrogens is 3. The Morgan fingerprint density at radius 3 is 3.06 bits per heavy atom. The van der Waals surface area contributed by atoms with Gasteiger partial charge in [-0.25, -0.2) is 9.50 Å². The SMILES string of the molecule is NCCc1cc2nc(-c3cccs3)ccn2n1. The van der Waals surface area contributed by atoms with Gasteiger partial charge in [-0.3, -0.25) is 0 Å². The maximum atomic E-state index is 5.52. The third-order valence-corrected chi connectivity index (χ3v) is 3.44. The maximum Gasteiger partial charge on any atom is 0.155 e. The summed E-state index contributed by atoms with van der Waals surface area (Å²) in [5.41, 5.74) is 8.38. The van der Waals surface area contributed by atoms with Crippen molar-refractivity contribution < 1.29 is 0 Å². The van der Waals surface area contributed by atoms with Gasteiger partial charge in [0.2, 0.25) is 0 Å². The molecule has 0 atom stereocenters. The van der Waals surface area contributed by atoms with Crippen molar-refractivity contribution in [1.29, 1.82) is 0 Å². The standard InChI is InChI=1S/C12H12N4S/c13-5-3-9-8-12-14-10(4-6-16(12)15-9)11-2-1-7-17-11/h1-2,4,6-8H,3,5,13H2. The smallest absolute Gasteiger partial charge is 0.155 e. The summed E-state index contributed by atoms with van der Waals surface area (Å²) in [5.74, 6) is 0. The molecular weight excluding hydrogens is 232 g/mol. The van der Waals surface area contributed by atoms with Gasteiger partial charge in [0.25, 0.3) is 0 Å². The van der Waals surface area contributed by atoms with E-state index in [2.05, 4.69) is 21.5 Å². The van der Waals surface area contributed by atoms with Crippen LogP contribution in [0.25, 0.3) is 16.2 Å². The molecule has 0 fully saturated rings. The minimum atomic E-state index is 0.613. The van der Waals surface area contributed by atoms with Gasteiger partial charge in [0.15, 0.2) is 5.65 Å². The lowest BCUT2D eigenvalue weighted by atomic mass is 10.3. The van der Waals surface area contributed by atoms with Gasteiger partial charge >= 0.3 is 0 Å². The second-order valence-electron chi connectivity index (χ2n) is 3.77. The van der Waals surface area contributed by atoms with Crippen molar-refractivity contribution in [2.75, 3.05) is 6.54 Å². The molecule has 0 aliphatic rings. The molecule has 0 saturated heterocycles. The third-order valence-electron chi connectivity index (χ3n) is 2.55. The van der Waals surface area contributed by atoms with Crippen molar-refractivity contribution in [2.24, 2.45) is 5.73 Å². The normalized spacial score (nSPS) is 11.1. The Bertz CT molecular complexity index is 627. The number of hydrogen-bond acceptors (Lipinski definition) is 4. The number of nitrogens with zero attached hydrogens (tertiary/aromatic N) is 3. The molecule has 0 aliphatic heterocycles. The topological polar surface area (TPSA) is 56.2 Å². The molecule has 4 nitrogen and oxygen atoms in total. The summed E-state index contributed by atoms with van der Waals surface area (Å²) < 4.78 is 1.79. The van der Waals surface area contributed by atoms with E-state index in [0.29, 0.717) is 6.54 Å². The molecule has 0 bridgehead atoms. The first kappa shape index (κ1) is 10.4. The molecule has 17 heavy (non-hydrogen) atoms. The van der Waals surface area contributed by atoms with E-state index in [9.17, 15) is 0 Å².